The Kier molecular flexibility index (Phi) is 4.96. The van der Waals surface area contributed by atoms with Crippen LogP contribution in [-0.4, -0.2) is 53.3 Å². The molecule has 1 aliphatic rings. The average molecular weight is 357 g/mol. The maximum Gasteiger partial charge on any atom is 0.341 e. The summed E-state index contributed by atoms with van der Waals surface area (Å²) in [6.07, 6.45) is 6.65. The van der Waals surface area contributed by atoms with Gasteiger partial charge in [0.05, 0.1) is 17.7 Å². The first-order chi connectivity index (χ1) is 12.5. The van der Waals surface area contributed by atoms with Crippen LogP contribution in [0.5, 0.6) is 0 Å². The molecule has 0 amide bonds. The summed E-state index contributed by atoms with van der Waals surface area (Å²) in [7, 11) is 0. The normalized spacial score (nSPS) is 15.2. The quantitative estimate of drug-likeness (QED) is 0.843. The van der Waals surface area contributed by atoms with Gasteiger partial charge in [0.15, 0.2) is 0 Å². The average Bonchev–Trinajstić information content (AvgIpc) is 2.63. The fourth-order valence-corrected chi connectivity index (χ4v) is 3.33. The predicted octanol–water partition coefficient (Wildman–Crippen LogP) is 1.61. The molecular formula is C19H20FN3O3. The number of anilines is 1. The van der Waals surface area contributed by atoms with Crippen LogP contribution in [0.4, 0.5) is 10.1 Å². The summed E-state index contributed by atoms with van der Waals surface area (Å²) in [5.74, 6) is 0.776. The minimum absolute atomic E-state index is 0.0824. The molecule has 1 aliphatic heterocycles. The molecule has 0 aliphatic carbocycles. The van der Waals surface area contributed by atoms with Crippen LogP contribution in [0.3, 0.4) is 0 Å². The first-order valence-electron chi connectivity index (χ1n) is 8.47. The fourth-order valence-electron chi connectivity index (χ4n) is 3.33. The van der Waals surface area contributed by atoms with Crippen molar-refractivity contribution in [3.8, 4) is 12.3 Å². The minimum atomic E-state index is -1.31. The number of fused-ring (bicyclic) bond motifs is 1. The SMILES string of the molecule is C#CCN1CCN(c2cc3c(cc2F)c(=O)c(C(=O)O)cn3CC)CC1. The number of aromatic nitrogens is 1. The van der Waals surface area contributed by atoms with E-state index >= 15 is 0 Å². The van der Waals surface area contributed by atoms with Crippen molar-refractivity contribution in [2.75, 3.05) is 37.6 Å². The number of nitrogens with zero attached hydrogens (tertiary/aromatic N) is 3. The summed E-state index contributed by atoms with van der Waals surface area (Å²) in [5.41, 5.74) is -0.0663. The summed E-state index contributed by atoms with van der Waals surface area (Å²) in [6.45, 7) is 5.62. The van der Waals surface area contributed by atoms with Gasteiger partial charge in [-0.25, -0.2) is 9.18 Å². The maximum absolute atomic E-state index is 14.7. The van der Waals surface area contributed by atoms with E-state index in [0.29, 0.717) is 37.4 Å². The molecule has 0 spiro atoms. The molecule has 0 unspecified atom stereocenters. The van der Waals surface area contributed by atoms with Gasteiger partial charge < -0.3 is 14.6 Å². The number of carbonyl (C=O) groups is 1. The number of terminal acetylenes is 1. The molecule has 1 saturated heterocycles. The second-order valence-corrected chi connectivity index (χ2v) is 6.25. The van der Waals surface area contributed by atoms with Crippen molar-refractivity contribution >= 4 is 22.6 Å². The van der Waals surface area contributed by atoms with E-state index in [2.05, 4.69) is 10.8 Å². The lowest BCUT2D eigenvalue weighted by atomic mass is 10.1. The molecule has 1 N–H and O–H groups in total. The van der Waals surface area contributed by atoms with Gasteiger partial charge in [0.2, 0.25) is 5.43 Å². The Morgan fingerprint density at radius 2 is 2.00 bits per heavy atom. The zero-order valence-corrected chi connectivity index (χ0v) is 14.5. The number of carboxylic acid groups (broad SMARTS) is 1. The maximum atomic E-state index is 14.7. The third-order valence-electron chi connectivity index (χ3n) is 4.75. The Balaban J connectivity index is 2.06. The van der Waals surface area contributed by atoms with Crippen LogP contribution in [0.25, 0.3) is 10.9 Å². The van der Waals surface area contributed by atoms with E-state index in [1.165, 1.54) is 6.20 Å². The van der Waals surface area contributed by atoms with Crippen molar-refractivity contribution < 1.29 is 14.3 Å². The highest BCUT2D eigenvalue weighted by Gasteiger charge is 2.22. The third-order valence-corrected chi connectivity index (χ3v) is 4.75. The number of aryl methyl sites for hydroxylation is 1. The highest BCUT2D eigenvalue weighted by molar-refractivity contribution is 5.93. The van der Waals surface area contributed by atoms with Gasteiger partial charge in [0.25, 0.3) is 0 Å². The van der Waals surface area contributed by atoms with Crippen molar-refractivity contribution in [3.63, 3.8) is 0 Å². The van der Waals surface area contributed by atoms with Crippen LogP contribution >= 0.6 is 0 Å². The molecule has 136 valence electrons. The lowest BCUT2D eigenvalue weighted by Gasteiger charge is -2.35. The highest BCUT2D eigenvalue weighted by atomic mass is 19.1. The first kappa shape index (κ1) is 18.0. The largest absolute Gasteiger partial charge is 0.477 e. The van der Waals surface area contributed by atoms with Gasteiger partial charge in [-0.05, 0) is 19.1 Å². The van der Waals surface area contributed by atoms with Gasteiger partial charge in [-0.1, -0.05) is 5.92 Å². The molecule has 6 nitrogen and oxygen atoms in total. The highest BCUT2D eigenvalue weighted by Crippen LogP contribution is 2.26. The standard InChI is InChI=1S/C19H20FN3O3/c1-3-5-21-6-8-23(9-7-21)17-11-16-13(10-15(17)20)18(24)14(19(25)26)12-22(16)4-2/h1,10-12H,4-9H2,2H3,(H,25,26). The zero-order chi connectivity index (χ0) is 18.8. The lowest BCUT2D eigenvalue weighted by Crippen LogP contribution is -2.46. The van der Waals surface area contributed by atoms with E-state index in [4.69, 9.17) is 6.42 Å². The second-order valence-electron chi connectivity index (χ2n) is 6.25. The van der Waals surface area contributed by atoms with E-state index < -0.39 is 17.2 Å². The van der Waals surface area contributed by atoms with Crippen LogP contribution in [0, 0.1) is 18.2 Å². The Morgan fingerprint density at radius 1 is 1.31 bits per heavy atom. The monoisotopic (exact) mass is 357 g/mol. The summed E-state index contributed by atoms with van der Waals surface area (Å²) in [5, 5.41) is 9.29. The van der Waals surface area contributed by atoms with E-state index in [9.17, 15) is 19.1 Å². The molecule has 2 aromatic rings. The minimum Gasteiger partial charge on any atom is -0.477 e. The van der Waals surface area contributed by atoms with Crippen LogP contribution < -0.4 is 10.3 Å². The summed E-state index contributed by atoms with van der Waals surface area (Å²) in [4.78, 5) is 27.7. The Morgan fingerprint density at radius 3 is 2.58 bits per heavy atom. The zero-order valence-electron chi connectivity index (χ0n) is 14.5. The van der Waals surface area contributed by atoms with E-state index in [1.807, 2.05) is 11.8 Å². The summed E-state index contributed by atoms with van der Waals surface area (Å²) >= 11 is 0. The van der Waals surface area contributed by atoms with Crippen LogP contribution in [0.1, 0.15) is 17.3 Å². The Bertz CT molecular complexity index is 953. The molecule has 26 heavy (non-hydrogen) atoms. The number of rotatable bonds is 4. The molecule has 1 aromatic heterocycles. The number of pyridine rings is 1. The van der Waals surface area contributed by atoms with E-state index in [-0.39, 0.29) is 10.9 Å². The summed E-state index contributed by atoms with van der Waals surface area (Å²) in [6, 6.07) is 2.79. The molecule has 0 radical (unpaired) electrons. The number of benzene rings is 1. The van der Waals surface area contributed by atoms with Crippen molar-refractivity contribution in [1.29, 1.82) is 0 Å². The van der Waals surface area contributed by atoms with Gasteiger partial charge in [0.1, 0.15) is 11.4 Å². The molecule has 0 bridgehead atoms. The molecule has 2 heterocycles. The Hall–Kier alpha value is -2.85. The van der Waals surface area contributed by atoms with Crippen LogP contribution in [0.15, 0.2) is 23.1 Å². The Labute approximate surface area is 150 Å². The number of halogens is 1. The third kappa shape index (κ3) is 3.16. The summed E-state index contributed by atoms with van der Waals surface area (Å²) < 4.78 is 16.4. The fraction of sp³-hybridized carbons (Fsp3) is 0.368. The molecule has 7 heteroatoms. The molecular weight excluding hydrogens is 337 g/mol. The van der Waals surface area contributed by atoms with Gasteiger partial charge >= 0.3 is 5.97 Å². The van der Waals surface area contributed by atoms with E-state index in [1.54, 1.807) is 10.6 Å². The van der Waals surface area contributed by atoms with Crippen LogP contribution in [-0.2, 0) is 6.54 Å². The molecule has 0 atom stereocenters. The van der Waals surface area contributed by atoms with Gasteiger partial charge in [-0.3, -0.25) is 9.69 Å². The molecule has 1 aromatic carbocycles. The molecule has 1 fully saturated rings. The van der Waals surface area contributed by atoms with Gasteiger partial charge in [-0.2, -0.15) is 0 Å². The van der Waals surface area contributed by atoms with Crippen molar-refractivity contribution in [1.82, 2.24) is 9.47 Å². The first-order valence-corrected chi connectivity index (χ1v) is 8.47. The van der Waals surface area contributed by atoms with Crippen molar-refractivity contribution in [3.05, 3.63) is 39.9 Å². The topological polar surface area (TPSA) is 65.8 Å². The molecule has 3 rings (SSSR count). The lowest BCUT2D eigenvalue weighted by molar-refractivity contribution is 0.0695. The predicted molar refractivity (Wildman–Crippen MR) is 98.3 cm³/mol. The number of hydrogen-bond acceptors (Lipinski definition) is 4. The van der Waals surface area contributed by atoms with Gasteiger partial charge in [-0.15, -0.1) is 6.42 Å². The number of carboxylic acids is 1. The van der Waals surface area contributed by atoms with Gasteiger partial charge in [0, 0.05) is 44.3 Å². The van der Waals surface area contributed by atoms with Crippen molar-refractivity contribution in [2.45, 2.75) is 13.5 Å². The molecule has 0 saturated carbocycles. The number of hydrogen-bond donors (Lipinski definition) is 1. The smallest absolute Gasteiger partial charge is 0.341 e. The number of piperazine rings is 1. The van der Waals surface area contributed by atoms with E-state index in [0.717, 1.165) is 19.2 Å². The number of aromatic carboxylic acids is 1. The second kappa shape index (κ2) is 7.18. The van der Waals surface area contributed by atoms with Crippen LogP contribution in [0.2, 0.25) is 0 Å². The van der Waals surface area contributed by atoms with Crippen molar-refractivity contribution in [2.24, 2.45) is 0 Å².